The first-order valence-electron chi connectivity index (χ1n) is 7.81. The number of methoxy groups -OCH3 is 2. The lowest BCUT2D eigenvalue weighted by Gasteiger charge is -2.24. The summed E-state index contributed by atoms with van der Waals surface area (Å²) >= 11 is 6.27. The first kappa shape index (κ1) is 16.8. The molecule has 5 heteroatoms. The van der Waals surface area contributed by atoms with Crippen molar-refractivity contribution in [2.45, 2.75) is 19.4 Å². The fourth-order valence-electron chi connectivity index (χ4n) is 3.33. The van der Waals surface area contributed by atoms with E-state index in [1.165, 1.54) is 6.07 Å². The van der Waals surface area contributed by atoms with Crippen LogP contribution in [0.3, 0.4) is 0 Å². The second kappa shape index (κ2) is 6.81. The molecule has 1 atom stereocenters. The molecule has 0 N–H and O–H groups in total. The van der Waals surface area contributed by atoms with Crippen molar-refractivity contribution in [3.8, 4) is 11.5 Å². The van der Waals surface area contributed by atoms with Crippen molar-refractivity contribution in [3.05, 3.63) is 53.3 Å². The number of rotatable bonds is 4. The summed E-state index contributed by atoms with van der Waals surface area (Å²) in [7, 11) is 3.22. The maximum absolute atomic E-state index is 14.4. The lowest BCUT2D eigenvalue weighted by atomic mass is 9.92. The predicted molar refractivity (Wildman–Crippen MR) is 93.9 cm³/mol. The van der Waals surface area contributed by atoms with Crippen LogP contribution in [0.15, 0.2) is 36.4 Å². The van der Waals surface area contributed by atoms with E-state index >= 15 is 0 Å². The number of benzene rings is 2. The zero-order valence-corrected chi connectivity index (χ0v) is 14.7. The number of fused-ring (bicyclic) bond motifs is 1. The summed E-state index contributed by atoms with van der Waals surface area (Å²) < 4.78 is 27.1. The van der Waals surface area contributed by atoms with Crippen LogP contribution < -0.4 is 9.47 Å². The van der Waals surface area contributed by atoms with Gasteiger partial charge in [0, 0.05) is 12.5 Å². The van der Waals surface area contributed by atoms with Gasteiger partial charge in [-0.15, -0.1) is 11.6 Å². The number of hydrogen-bond acceptors (Lipinski definition) is 2. The van der Waals surface area contributed by atoms with E-state index in [9.17, 15) is 4.39 Å². The second-order valence-corrected chi connectivity index (χ2v) is 6.09. The zero-order valence-electron chi connectivity index (χ0n) is 14.0. The highest BCUT2D eigenvalue weighted by atomic mass is 35.5. The summed E-state index contributed by atoms with van der Waals surface area (Å²) in [5.74, 6) is 1.36. The van der Waals surface area contributed by atoms with Crippen molar-refractivity contribution in [1.29, 1.82) is 0 Å². The average molecular weight is 349 g/mol. The fourth-order valence-corrected chi connectivity index (χ4v) is 3.60. The van der Waals surface area contributed by atoms with Gasteiger partial charge in [0.1, 0.15) is 5.88 Å². The molecule has 3 rings (SSSR count). The van der Waals surface area contributed by atoms with Crippen LogP contribution in [0.2, 0.25) is 0 Å². The van der Waals surface area contributed by atoms with Crippen LogP contribution in [-0.4, -0.2) is 36.4 Å². The molecule has 0 aromatic heterocycles. The molecule has 0 bridgehead atoms. The van der Waals surface area contributed by atoms with Crippen LogP contribution in [0.1, 0.15) is 18.1 Å². The third kappa shape index (κ3) is 2.75. The average Bonchev–Trinajstić information content (AvgIpc) is 2.60. The third-order valence-electron chi connectivity index (χ3n) is 4.41. The molecule has 24 heavy (non-hydrogen) atoms. The highest BCUT2D eigenvalue weighted by molar-refractivity contribution is 6.31. The number of halogens is 2. The molecule has 2 aromatic carbocycles. The molecule has 1 heterocycles. The number of hydrogen-bond donors (Lipinski definition) is 0. The Bertz CT molecular complexity index is 804. The first-order valence-corrected chi connectivity index (χ1v) is 8.35. The van der Waals surface area contributed by atoms with E-state index in [-0.39, 0.29) is 17.7 Å². The van der Waals surface area contributed by atoms with Crippen LogP contribution in [0.4, 0.5) is 10.1 Å². The maximum atomic E-state index is 14.4. The quantitative estimate of drug-likeness (QED) is 0.611. The largest absolute Gasteiger partial charge is 0.493 e. The van der Waals surface area contributed by atoms with Crippen LogP contribution in [0.25, 0.3) is 0 Å². The van der Waals surface area contributed by atoms with Crippen molar-refractivity contribution in [3.63, 3.8) is 0 Å². The molecule has 1 unspecified atom stereocenters. The van der Waals surface area contributed by atoms with Crippen molar-refractivity contribution in [2.24, 2.45) is 0 Å². The molecule has 0 saturated carbocycles. The normalized spacial score (nSPS) is 16.8. The molecule has 126 valence electrons. The Hall–Kier alpha value is -2.07. The van der Waals surface area contributed by atoms with Gasteiger partial charge in [-0.3, -0.25) is 0 Å². The van der Waals surface area contributed by atoms with E-state index in [4.69, 9.17) is 21.1 Å². The van der Waals surface area contributed by atoms with Gasteiger partial charge >= 0.3 is 0 Å². The minimum Gasteiger partial charge on any atom is -0.493 e. The number of para-hydroxylation sites is 1. The van der Waals surface area contributed by atoms with Gasteiger partial charge in [0.05, 0.1) is 19.8 Å². The molecule has 0 amide bonds. The van der Waals surface area contributed by atoms with E-state index in [1.54, 1.807) is 26.4 Å². The Labute approximate surface area is 146 Å². The minimum atomic E-state index is -0.254. The molecule has 0 radical (unpaired) electrons. The summed E-state index contributed by atoms with van der Waals surface area (Å²) in [6, 6.07) is 10.8. The molecule has 1 aliphatic heterocycles. The Morgan fingerprint density at radius 1 is 1.17 bits per heavy atom. The summed E-state index contributed by atoms with van der Waals surface area (Å²) in [5.41, 5.74) is 3.52. The van der Waals surface area contributed by atoms with Gasteiger partial charge < -0.3 is 9.47 Å². The predicted octanol–water partition coefficient (Wildman–Crippen LogP) is 4.16. The molecule has 3 nitrogen and oxygen atoms in total. The summed E-state index contributed by atoms with van der Waals surface area (Å²) in [4.78, 5) is 0. The Morgan fingerprint density at radius 2 is 1.83 bits per heavy atom. The van der Waals surface area contributed by atoms with Crippen molar-refractivity contribution in [1.82, 2.24) is 0 Å². The lowest BCUT2D eigenvalue weighted by Crippen LogP contribution is -2.35. The molecule has 0 saturated heterocycles. The lowest BCUT2D eigenvalue weighted by molar-refractivity contribution is -0.484. The van der Waals surface area contributed by atoms with E-state index in [1.807, 2.05) is 22.8 Å². The molecule has 2 aromatic rings. The minimum absolute atomic E-state index is 0.0845. The van der Waals surface area contributed by atoms with Crippen LogP contribution in [-0.2, 0) is 6.42 Å². The second-order valence-electron chi connectivity index (χ2n) is 5.82. The monoisotopic (exact) mass is 348 g/mol. The SMILES string of the molecule is COc1cc2c(cc1OC)C(CCl)=[N+](c1ccccc1F)C(C)C2. The highest BCUT2D eigenvalue weighted by Crippen LogP contribution is 2.35. The standard InChI is InChI=1S/C19H20ClFNO2/c1-12-8-13-9-18(23-2)19(24-3)10-14(13)17(11-20)22(12)16-7-5-4-6-15(16)21/h4-7,9-10,12H,8,11H2,1-3H3/q+1. The van der Waals surface area contributed by atoms with Gasteiger partial charge in [-0.1, -0.05) is 12.1 Å². The first-order chi connectivity index (χ1) is 11.6. The highest BCUT2D eigenvalue weighted by Gasteiger charge is 2.34. The molecule has 1 aliphatic rings. The molecular formula is C19H20ClFNO2+. The zero-order chi connectivity index (χ0) is 17.3. The molecule has 0 spiro atoms. The van der Waals surface area contributed by atoms with E-state index in [2.05, 4.69) is 6.92 Å². The van der Waals surface area contributed by atoms with Crippen molar-refractivity contribution >= 4 is 23.0 Å². The summed E-state index contributed by atoms with van der Waals surface area (Å²) in [6.07, 6.45) is 0.768. The van der Waals surface area contributed by atoms with E-state index in [0.717, 1.165) is 23.3 Å². The Kier molecular flexibility index (Phi) is 4.76. The smallest absolute Gasteiger partial charge is 0.241 e. The van der Waals surface area contributed by atoms with Crippen LogP contribution in [0.5, 0.6) is 11.5 Å². The van der Waals surface area contributed by atoms with E-state index in [0.29, 0.717) is 17.2 Å². The number of nitrogens with zero attached hydrogens (tertiary/aromatic N) is 1. The van der Waals surface area contributed by atoms with Gasteiger partial charge in [0.25, 0.3) is 0 Å². The Balaban J connectivity index is 2.26. The van der Waals surface area contributed by atoms with Gasteiger partial charge in [-0.2, -0.15) is 8.97 Å². The summed E-state index contributed by atoms with van der Waals surface area (Å²) in [5, 5.41) is 0. The van der Waals surface area contributed by atoms with Crippen LogP contribution in [0, 0.1) is 5.82 Å². The van der Waals surface area contributed by atoms with Gasteiger partial charge in [0.2, 0.25) is 11.4 Å². The molecule has 0 aliphatic carbocycles. The number of alkyl halides is 1. The van der Waals surface area contributed by atoms with Gasteiger partial charge in [-0.05, 0) is 30.7 Å². The van der Waals surface area contributed by atoms with Crippen LogP contribution >= 0.6 is 11.6 Å². The fraction of sp³-hybridized carbons (Fsp3) is 0.316. The number of ether oxygens (including phenoxy) is 2. The van der Waals surface area contributed by atoms with Crippen molar-refractivity contribution < 1.29 is 18.4 Å². The Morgan fingerprint density at radius 3 is 2.46 bits per heavy atom. The van der Waals surface area contributed by atoms with Crippen molar-refractivity contribution in [2.75, 3.05) is 20.1 Å². The van der Waals surface area contributed by atoms with Gasteiger partial charge in [-0.25, -0.2) is 0 Å². The topological polar surface area (TPSA) is 21.5 Å². The van der Waals surface area contributed by atoms with E-state index < -0.39 is 0 Å². The third-order valence-corrected chi connectivity index (χ3v) is 4.66. The molecular weight excluding hydrogens is 329 g/mol. The molecule has 0 fully saturated rings. The summed E-state index contributed by atoms with van der Waals surface area (Å²) in [6.45, 7) is 2.07. The maximum Gasteiger partial charge on any atom is 0.241 e. The van der Waals surface area contributed by atoms with Gasteiger partial charge in [0.15, 0.2) is 23.4 Å².